The summed E-state index contributed by atoms with van der Waals surface area (Å²) in [5.74, 6) is 1.67. The molecule has 0 atom stereocenters. The summed E-state index contributed by atoms with van der Waals surface area (Å²) < 4.78 is 3.51. The van der Waals surface area contributed by atoms with Crippen LogP contribution in [0.2, 0.25) is 0 Å². The Bertz CT molecular complexity index is 608. The normalized spacial score (nSPS) is 11.1. The van der Waals surface area contributed by atoms with Crippen LogP contribution in [0.3, 0.4) is 0 Å². The molecule has 0 saturated carbocycles. The molecule has 16 heavy (non-hydrogen) atoms. The highest BCUT2D eigenvalue weighted by molar-refractivity contribution is 5.28. The molecule has 0 spiro atoms. The zero-order valence-corrected chi connectivity index (χ0v) is 8.91. The molecule has 3 aromatic rings. The molecule has 80 valence electrons. The van der Waals surface area contributed by atoms with Crippen molar-refractivity contribution in [3.8, 4) is 0 Å². The van der Waals surface area contributed by atoms with Crippen LogP contribution in [0.25, 0.3) is 5.78 Å². The van der Waals surface area contributed by atoms with Gasteiger partial charge in [0.15, 0.2) is 5.82 Å². The standard InChI is InChI=1S/C11H11N5/c1-15-11-12-8-13-16(11)10(14-15)7-9-5-3-2-4-6-9/h2-6,8H,7H2,1H3. The number of fused-ring (bicyclic) bond motifs is 1. The van der Waals surface area contributed by atoms with Crippen LogP contribution in [0, 0.1) is 0 Å². The predicted molar refractivity (Wildman–Crippen MR) is 59.0 cm³/mol. The van der Waals surface area contributed by atoms with Crippen molar-refractivity contribution >= 4 is 5.78 Å². The van der Waals surface area contributed by atoms with E-state index in [1.54, 1.807) is 15.5 Å². The maximum absolute atomic E-state index is 4.40. The van der Waals surface area contributed by atoms with Gasteiger partial charge in [0.25, 0.3) is 5.78 Å². The molecule has 1 aromatic carbocycles. The quantitative estimate of drug-likeness (QED) is 0.639. The summed E-state index contributed by atoms with van der Waals surface area (Å²) in [6.07, 6.45) is 2.31. The van der Waals surface area contributed by atoms with E-state index in [1.165, 1.54) is 5.56 Å². The molecule has 0 N–H and O–H groups in total. The van der Waals surface area contributed by atoms with Gasteiger partial charge in [-0.25, -0.2) is 4.68 Å². The second-order valence-corrected chi connectivity index (χ2v) is 3.67. The third-order valence-electron chi connectivity index (χ3n) is 2.53. The van der Waals surface area contributed by atoms with Gasteiger partial charge >= 0.3 is 0 Å². The van der Waals surface area contributed by atoms with E-state index in [9.17, 15) is 0 Å². The topological polar surface area (TPSA) is 48.0 Å². The molecule has 5 heteroatoms. The van der Waals surface area contributed by atoms with E-state index in [4.69, 9.17) is 0 Å². The zero-order chi connectivity index (χ0) is 11.0. The summed E-state index contributed by atoms with van der Waals surface area (Å²) in [5.41, 5.74) is 1.22. The highest BCUT2D eigenvalue weighted by Gasteiger charge is 2.09. The molecule has 2 aromatic heterocycles. The van der Waals surface area contributed by atoms with Crippen molar-refractivity contribution in [3.63, 3.8) is 0 Å². The molecule has 0 saturated heterocycles. The molecule has 0 unspecified atom stereocenters. The van der Waals surface area contributed by atoms with Crippen LogP contribution in [0.5, 0.6) is 0 Å². The summed E-state index contributed by atoms with van der Waals surface area (Å²) in [4.78, 5) is 4.13. The van der Waals surface area contributed by atoms with Crippen molar-refractivity contribution in [2.24, 2.45) is 7.05 Å². The van der Waals surface area contributed by atoms with Gasteiger partial charge in [0.1, 0.15) is 6.33 Å². The van der Waals surface area contributed by atoms with Gasteiger partial charge in [0, 0.05) is 13.5 Å². The molecule has 0 amide bonds. The first-order valence-corrected chi connectivity index (χ1v) is 5.10. The lowest BCUT2D eigenvalue weighted by Crippen LogP contribution is -1.97. The number of aromatic nitrogens is 5. The number of benzene rings is 1. The lowest BCUT2D eigenvalue weighted by Gasteiger charge is -1.96. The first kappa shape index (κ1) is 9.08. The number of hydrogen-bond donors (Lipinski definition) is 0. The van der Waals surface area contributed by atoms with Gasteiger partial charge in [0.2, 0.25) is 0 Å². The third kappa shape index (κ3) is 1.37. The van der Waals surface area contributed by atoms with E-state index in [0.717, 1.165) is 18.0 Å². The van der Waals surface area contributed by atoms with Crippen LogP contribution in [0.4, 0.5) is 0 Å². The van der Waals surface area contributed by atoms with Crippen LogP contribution < -0.4 is 0 Å². The zero-order valence-electron chi connectivity index (χ0n) is 8.91. The van der Waals surface area contributed by atoms with E-state index in [2.05, 4.69) is 27.3 Å². The summed E-state index contributed by atoms with van der Waals surface area (Å²) in [5, 5.41) is 8.56. The number of hydrogen-bond acceptors (Lipinski definition) is 3. The summed E-state index contributed by atoms with van der Waals surface area (Å²) in [6, 6.07) is 10.2. The Hall–Kier alpha value is -2.17. The van der Waals surface area contributed by atoms with Crippen molar-refractivity contribution in [2.45, 2.75) is 6.42 Å². The Balaban J connectivity index is 2.04. The largest absolute Gasteiger partial charge is 0.250 e. The Morgan fingerprint density at radius 1 is 1.19 bits per heavy atom. The van der Waals surface area contributed by atoms with E-state index in [-0.39, 0.29) is 0 Å². The first-order valence-electron chi connectivity index (χ1n) is 5.10. The molecule has 3 rings (SSSR count). The van der Waals surface area contributed by atoms with E-state index in [1.807, 2.05) is 25.2 Å². The van der Waals surface area contributed by atoms with Crippen molar-refractivity contribution in [2.75, 3.05) is 0 Å². The monoisotopic (exact) mass is 213 g/mol. The Labute approximate surface area is 92.4 Å². The van der Waals surface area contributed by atoms with Crippen LogP contribution in [-0.2, 0) is 13.5 Å². The van der Waals surface area contributed by atoms with Crippen molar-refractivity contribution in [3.05, 3.63) is 48.0 Å². The second kappa shape index (κ2) is 3.44. The van der Waals surface area contributed by atoms with Gasteiger partial charge in [0.05, 0.1) is 0 Å². The number of aryl methyl sites for hydroxylation is 1. The van der Waals surface area contributed by atoms with Gasteiger partial charge in [-0.05, 0) is 5.56 Å². The average Bonchev–Trinajstić information content (AvgIpc) is 2.87. The van der Waals surface area contributed by atoms with E-state index in [0.29, 0.717) is 0 Å². The summed E-state index contributed by atoms with van der Waals surface area (Å²) in [7, 11) is 1.87. The Kier molecular flexibility index (Phi) is 1.96. The van der Waals surface area contributed by atoms with Crippen LogP contribution in [0.15, 0.2) is 36.7 Å². The molecule has 0 aliphatic rings. The molecule has 0 bridgehead atoms. The molecular weight excluding hydrogens is 202 g/mol. The Morgan fingerprint density at radius 3 is 2.81 bits per heavy atom. The molecular formula is C11H11N5. The second-order valence-electron chi connectivity index (χ2n) is 3.67. The van der Waals surface area contributed by atoms with Crippen molar-refractivity contribution in [1.82, 2.24) is 24.4 Å². The van der Waals surface area contributed by atoms with Crippen LogP contribution in [-0.4, -0.2) is 24.4 Å². The fraction of sp³-hybridized carbons (Fsp3) is 0.182. The van der Waals surface area contributed by atoms with Gasteiger partial charge in [-0.3, -0.25) is 0 Å². The average molecular weight is 213 g/mol. The maximum atomic E-state index is 4.40. The minimum atomic E-state index is 0.765. The molecule has 0 aliphatic heterocycles. The van der Waals surface area contributed by atoms with Crippen LogP contribution in [0.1, 0.15) is 11.4 Å². The fourth-order valence-electron chi connectivity index (χ4n) is 1.79. The first-order chi connectivity index (χ1) is 7.84. The fourth-order valence-corrected chi connectivity index (χ4v) is 1.79. The van der Waals surface area contributed by atoms with Gasteiger partial charge in [-0.1, -0.05) is 30.3 Å². The van der Waals surface area contributed by atoms with Crippen molar-refractivity contribution < 1.29 is 0 Å². The van der Waals surface area contributed by atoms with Gasteiger partial charge < -0.3 is 0 Å². The summed E-state index contributed by atoms with van der Waals surface area (Å²) >= 11 is 0. The SMILES string of the molecule is Cn1nc(Cc2ccccc2)n2ncnc12. The minimum Gasteiger partial charge on any atom is -0.233 e. The molecule has 0 aliphatic carbocycles. The smallest absolute Gasteiger partial charge is 0.233 e. The number of rotatable bonds is 2. The highest BCUT2D eigenvalue weighted by atomic mass is 15.5. The molecule has 0 fully saturated rings. The summed E-state index contributed by atoms with van der Waals surface area (Å²) in [6.45, 7) is 0. The van der Waals surface area contributed by atoms with Gasteiger partial charge in [-0.2, -0.15) is 19.7 Å². The Morgan fingerprint density at radius 2 is 2.00 bits per heavy atom. The van der Waals surface area contributed by atoms with E-state index < -0.39 is 0 Å². The minimum absolute atomic E-state index is 0.765. The lowest BCUT2D eigenvalue weighted by atomic mass is 10.1. The maximum Gasteiger partial charge on any atom is 0.250 e. The van der Waals surface area contributed by atoms with Crippen LogP contribution >= 0.6 is 0 Å². The highest BCUT2D eigenvalue weighted by Crippen LogP contribution is 2.08. The van der Waals surface area contributed by atoms with E-state index >= 15 is 0 Å². The van der Waals surface area contributed by atoms with Gasteiger partial charge in [-0.15, -0.1) is 0 Å². The molecule has 2 heterocycles. The molecule has 0 radical (unpaired) electrons. The third-order valence-corrected chi connectivity index (χ3v) is 2.53. The molecule has 5 nitrogen and oxygen atoms in total. The predicted octanol–water partition coefficient (Wildman–Crippen LogP) is 1.05. The number of nitrogens with zero attached hydrogens (tertiary/aromatic N) is 5. The van der Waals surface area contributed by atoms with Crippen molar-refractivity contribution in [1.29, 1.82) is 0 Å². The lowest BCUT2D eigenvalue weighted by molar-refractivity contribution is 0.758.